The van der Waals surface area contributed by atoms with Gasteiger partial charge < -0.3 is 24.6 Å². The van der Waals surface area contributed by atoms with Crippen LogP contribution in [0.25, 0.3) is 20.9 Å². The van der Waals surface area contributed by atoms with E-state index in [1.165, 1.54) is 113 Å². The summed E-state index contributed by atoms with van der Waals surface area (Å²) in [6, 6.07) is 43.8. The number of nitrogens with two attached hydrogens (primary N) is 1. The highest BCUT2D eigenvalue weighted by Gasteiger charge is 2.40. The molecule has 0 aliphatic rings. The summed E-state index contributed by atoms with van der Waals surface area (Å²) in [5.74, 6) is -1.79. The third-order valence-electron chi connectivity index (χ3n) is 21.7. The van der Waals surface area contributed by atoms with Crippen molar-refractivity contribution in [1.29, 1.82) is 0 Å². The van der Waals surface area contributed by atoms with Gasteiger partial charge in [-0.3, -0.25) is 28.8 Å². The fourth-order valence-corrected chi connectivity index (χ4v) is 16.7. The molecule has 0 saturated heterocycles. The summed E-state index contributed by atoms with van der Waals surface area (Å²) in [5, 5.41) is 27.0. The molecule has 0 heterocycles. The quantitative estimate of drug-likeness (QED) is 0.00347. The average molecular weight is 1810 g/mol. The van der Waals surface area contributed by atoms with E-state index in [1.54, 1.807) is 48.5 Å². The molecule has 0 aromatic heterocycles. The number of halogens is 1. The van der Waals surface area contributed by atoms with Crippen LogP contribution in [0.2, 0.25) is 36.3 Å². The number of amides is 3. The Hall–Kier alpha value is -9.38. The van der Waals surface area contributed by atoms with Crippen molar-refractivity contribution in [1.82, 2.24) is 4.72 Å². The van der Waals surface area contributed by atoms with Crippen LogP contribution in [0.4, 0.5) is 11.4 Å². The third-order valence-corrected chi connectivity index (χ3v) is 33.0. The fourth-order valence-electron chi connectivity index (χ4n) is 12.4. The Labute approximate surface area is 752 Å². The predicted molar refractivity (Wildman–Crippen MR) is 514 cm³/mol. The van der Waals surface area contributed by atoms with E-state index >= 15 is 0 Å². The minimum atomic E-state index is -4.04. The van der Waals surface area contributed by atoms with Crippen LogP contribution in [0.5, 0.6) is 0 Å². The van der Waals surface area contributed by atoms with Gasteiger partial charge in [0.1, 0.15) is 0 Å². The number of anilines is 2. The van der Waals surface area contributed by atoms with Crippen LogP contribution in [0, 0.1) is 0 Å². The first-order valence-electron chi connectivity index (χ1n) is 43.9. The predicted octanol–water partition coefficient (Wildman–Crippen LogP) is 25.1. The van der Waals surface area contributed by atoms with Crippen LogP contribution in [-0.2, 0) is 60.9 Å². The summed E-state index contributed by atoms with van der Waals surface area (Å²) in [7, 11) is -11.6. The van der Waals surface area contributed by atoms with Crippen LogP contribution in [0.15, 0.2) is 226 Å². The number of alkyl halides is 1. The highest BCUT2D eigenvalue weighted by atomic mass is 35.5. The lowest BCUT2D eigenvalue weighted by atomic mass is 10.0. The number of carbonyl (C=O) groups excluding carboxylic acids is 5. The number of azide groups is 2. The first-order chi connectivity index (χ1) is 59.5. The average Bonchev–Trinajstić information content (AvgIpc) is 0.836. The van der Waals surface area contributed by atoms with Gasteiger partial charge in [0, 0.05) is 75.5 Å². The second-order valence-corrected chi connectivity index (χ2v) is 46.7. The summed E-state index contributed by atoms with van der Waals surface area (Å²) in [6.07, 6.45) is 46.3. The number of carbonyl (C=O) groups is 6. The van der Waals surface area contributed by atoms with Gasteiger partial charge in [0.05, 0.1) is 35.1 Å². The van der Waals surface area contributed by atoms with E-state index < -0.39 is 48.6 Å². The lowest BCUT2D eigenvalue weighted by Gasteiger charge is -2.39. The van der Waals surface area contributed by atoms with Gasteiger partial charge in [-0.1, -0.05) is 248 Å². The van der Waals surface area contributed by atoms with Crippen molar-refractivity contribution in [2.75, 3.05) is 30.1 Å². The van der Waals surface area contributed by atoms with Gasteiger partial charge in [-0.15, -0.1) is 11.6 Å². The van der Waals surface area contributed by atoms with Gasteiger partial charge in [0.2, 0.25) is 27.7 Å². The largest absolute Gasteiger partial charge is 0.481 e. The van der Waals surface area contributed by atoms with Gasteiger partial charge in [0.15, 0.2) is 28.2 Å². The van der Waals surface area contributed by atoms with Crippen molar-refractivity contribution < 1.29 is 59.6 Å². The lowest BCUT2D eigenvalue weighted by Crippen LogP contribution is -2.44. The number of allylic oxidation sites excluding steroid dienone is 8. The number of carboxylic acids is 1. The van der Waals surface area contributed by atoms with Crippen molar-refractivity contribution >= 4 is 94.9 Å². The molecule has 2 atom stereocenters. The topological polar surface area (TPSA) is 369 Å². The summed E-state index contributed by atoms with van der Waals surface area (Å²) in [5.41, 5.74) is 22.7. The van der Waals surface area contributed by atoms with E-state index in [2.05, 4.69) is 163 Å². The molecule has 0 aliphatic carbocycles. The maximum Gasteiger partial charge on any atom is 0.303 e. The van der Waals surface area contributed by atoms with E-state index in [0.717, 1.165) is 94.6 Å². The maximum atomic E-state index is 12.8. The summed E-state index contributed by atoms with van der Waals surface area (Å²) >= 11 is 4.64. The molecular formula is C97H139ClN10O13S2Si2. The zero-order valence-corrected chi connectivity index (χ0v) is 80.1. The van der Waals surface area contributed by atoms with Crippen LogP contribution >= 0.6 is 11.6 Å². The Bertz CT molecular complexity index is 4630. The zero-order valence-electron chi connectivity index (χ0n) is 75.7. The van der Waals surface area contributed by atoms with Crippen molar-refractivity contribution in [3.8, 4) is 0 Å². The number of unbranched alkanes of at least 4 members (excludes halogenated alkanes) is 16. The Balaban J connectivity index is 0.000000528. The second kappa shape index (κ2) is 61.1. The smallest absolute Gasteiger partial charge is 0.303 e. The molecule has 0 unspecified atom stereocenters. The lowest BCUT2D eigenvalue weighted by molar-refractivity contribution is -0.137. The fraction of sp³-hybridized carbons (Fsp3) is 0.485. The first-order valence-corrected chi connectivity index (χ1v) is 53.5. The van der Waals surface area contributed by atoms with Crippen LogP contribution in [-0.4, -0.2) is 106 Å². The Morgan fingerprint density at radius 2 is 0.728 bits per heavy atom. The van der Waals surface area contributed by atoms with Gasteiger partial charge in [-0.25, -0.2) is 26.7 Å². The molecule has 28 heteroatoms. The number of carboxylic acid groups (broad SMARTS) is 1. The second-order valence-electron chi connectivity index (χ2n) is 33.9. The summed E-state index contributed by atoms with van der Waals surface area (Å²) in [6.45, 7) is 23.1. The van der Waals surface area contributed by atoms with Crippen LogP contribution in [0.3, 0.4) is 0 Å². The maximum absolute atomic E-state index is 12.8. The molecular weight excluding hydrogens is 1670 g/mol. The number of sulfonamides is 2. The number of ketones is 2. The molecule has 125 heavy (non-hydrogen) atoms. The minimum absolute atomic E-state index is 0.0133. The van der Waals surface area contributed by atoms with Gasteiger partial charge in [-0.2, -0.15) is 0 Å². The molecule has 6 aromatic rings. The molecule has 6 aromatic carbocycles. The molecule has 0 fully saturated rings. The highest BCUT2D eigenvalue weighted by molar-refractivity contribution is 7.90. The molecule has 6 rings (SSSR count). The number of benzene rings is 6. The van der Waals surface area contributed by atoms with Crippen LogP contribution < -0.4 is 20.5 Å². The van der Waals surface area contributed by atoms with Gasteiger partial charge in [-0.05, 0) is 235 Å². The summed E-state index contributed by atoms with van der Waals surface area (Å²) < 4.78 is 63.2. The highest BCUT2D eigenvalue weighted by Crippen LogP contribution is 2.39. The van der Waals surface area contributed by atoms with Crippen molar-refractivity contribution in [3.63, 3.8) is 0 Å². The molecule has 0 aliphatic heterocycles. The van der Waals surface area contributed by atoms with Crippen LogP contribution in [0.1, 0.15) is 264 Å². The number of nitrogens with one attached hydrogen (secondary N) is 3. The molecule has 0 bridgehead atoms. The molecule has 23 nitrogen and oxygen atoms in total. The molecule has 0 saturated carbocycles. The third kappa shape index (κ3) is 48.2. The number of aryl methyl sites for hydroxylation is 2. The van der Waals surface area contributed by atoms with E-state index in [0.29, 0.717) is 72.4 Å². The molecule has 682 valence electrons. The number of primary sulfonamides is 1. The molecule has 6 N–H and O–H groups in total. The standard InChI is InChI=1S/C48H67N5O6SSi.C26H49N3O3Si.C22H20N2O4S.CH3Cl/c1-48(2,3)61(4,5)59-43(38-50-53-49)26-22-17-15-13-11-9-7-6-8-10-12-14-16-18-23-27-46(55)52-60(57,58)44-35-33-42(34-36-44)51-45(54)37-30-39-28-31-41(32-29-39)47(56)40-24-20-19-21-25-40;1-26(2,3)33(4,5)32-24(23-28-29-27)21-19-17-15-13-11-9-7-6-8-10-12-14-16-18-20-22-25(30)31;23-29(27,28)20-13-11-19(12-14-20)24-21(25)15-8-16-6-9-18(10-7-16)22(26)17-4-2-1-3-5-17;1-2/h13-16,19-21,24-25,28-29,31-36,43H,6-12,17-18,22-23,26-27,30,37-38H2,1-5H3,(H,51,54)(H,52,55);13-16,24H,6-12,17-23H2,1-5H3,(H,30,31);1-7,9-14H,8,15H2,(H,24,25)(H2,23,27,28);1H3/b2*15-13-,16-14-;;/t43-;24-;;/m00../s1. The molecule has 0 spiro atoms. The Kier molecular flexibility index (Phi) is 53.7. The number of hydrogen-bond acceptors (Lipinski definition) is 14. The zero-order chi connectivity index (χ0) is 92.4. The number of hydrogen-bond donors (Lipinski definition) is 5. The Morgan fingerprint density at radius 1 is 0.424 bits per heavy atom. The SMILES string of the molecule is CC(C)(C)[Si](C)(C)O[C@@H](CCC/C=C\CCCCCCC/C=C\CCCC(=O)NS(=O)(=O)c1ccc(NC(=O)CCc2ccc(C(=O)c3ccccc3)cc2)cc1)CN=[N+]=[N-].CC(C)(C)[Si](C)(C)O[C@@H](CCC/C=C\CCCCCCC/C=C\CCCC(=O)O)CN=[N+]=[N-].CCl.NS(=O)(=O)c1ccc(NC(=O)CCc2ccc(C(=O)c3ccccc3)cc2)cc1. The number of nitrogens with zero attached hydrogens (tertiary/aromatic N) is 6. The monoisotopic (exact) mass is 1810 g/mol. The van der Waals surface area contributed by atoms with Crippen molar-refractivity contribution in [2.24, 2.45) is 15.4 Å². The minimum Gasteiger partial charge on any atom is -0.481 e. The van der Waals surface area contributed by atoms with Crippen molar-refractivity contribution in [2.45, 2.75) is 292 Å². The summed E-state index contributed by atoms with van der Waals surface area (Å²) in [4.78, 5) is 78.3. The number of rotatable bonds is 55. The molecule has 0 radical (unpaired) electrons. The number of aliphatic carboxylic acids is 1. The van der Waals surface area contributed by atoms with E-state index in [-0.39, 0.29) is 81.1 Å². The molecule has 3 amide bonds. The van der Waals surface area contributed by atoms with Crippen molar-refractivity contribution in [3.05, 3.63) is 261 Å². The van der Waals surface area contributed by atoms with Gasteiger partial charge in [0.25, 0.3) is 10.0 Å². The Morgan fingerprint density at radius 3 is 1.05 bits per heavy atom. The normalized spacial score (nSPS) is 12.3. The van der Waals surface area contributed by atoms with Gasteiger partial charge >= 0.3 is 5.97 Å². The van der Waals surface area contributed by atoms with E-state index in [4.69, 9.17) is 30.2 Å². The van der Waals surface area contributed by atoms with E-state index in [9.17, 15) is 45.6 Å². The van der Waals surface area contributed by atoms with E-state index in [1.807, 2.05) is 60.7 Å². The first kappa shape index (κ1) is 110.